The highest BCUT2D eigenvalue weighted by atomic mass is 35.5. The van der Waals surface area contributed by atoms with Crippen LogP contribution in [0.2, 0.25) is 5.02 Å². The van der Waals surface area contributed by atoms with Crippen molar-refractivity contribution in [2.24, 2.45) is 10.9 Å². The van der Waals surface area contributed by atoms with E-state index in [1.165, 1.54) is 6.07 Å². The van der Waals surface area contributed by atoms with Gasteiger partial charge in [-0.2, -0.15) is 0 Å². The molecular weight excluding hydrogens is 442 g/mol. The first-order chi connectivity index (χ1) is 14.8. The predicted molar refractivity (Wildman–Crippen MR) is 116 cm³/mol. The number of hydrogen-bond donors (Lipinski definition) is 1. The standard InChI is InChI=1S/C21H20ClN3O5S/c22-15-6-8-16(9-7-15)25-13-14(12-19(25)26)21(27)30-11-3-10-23-20-17-4-1-2-5-18(17)31(28,29)24-20/h1-2,4-9,14H,3,10-13H2,(H,23,24)/t14-/m1/s1. The van der Waals surface area contributed by atoms with Crippen molar-refractivity contribution in [2.75, 3.05) is 24.6 Å². The molecule has 2 aliphatic rings. The number of nitrogens with zero attached hydrogens (tertiary/aromatic N) is 2. The summed E-state index contributed by atoms with van der Waals surface area (Å²) < 4.78 is 31.9. The summed E-state index contributed by atoms with van der Waals surface area (Å²) in [6.07, 6.45) is 0.531. The van der Waals surface area contributed by atoms with Gasteiger partial charge in [-0.3, -0.25) is 19.3 Å². The summed E-state index contributed by atoms with van der Waals surface area (Å²) in [4.78, 5) is 30.6. The molecule has 0 spiro atoms. The number of carbonyl (C=O) groups excluding carboxylic acids is 2. The number of benzene rings is 2. The van der Waals surface area contributed by atoms with Gasteiger partial charge in [0.2, 0.25) is 5.91 Å². The summed E-state index contributed by atoms with van der Waals surface area (Å²) in [6, 6.07) is 13.5. The van der Waals surface area contributed by atoms with E-state index < -0.39 is 21.9 Å². The molecule has 1 fully saturated rings. The van der Waals surface area contributed by atoms with Gasteiger partial charge in [-0.25, -0.2) is 8.42 Å². The third kappa shape index (κ3) is 4.57. The van der Waals surface area contributed by atoms with Crippen LogP contribution in [-0.4, -0.2) is 45.8 Å². The lowest BCUT2D eigenvalue weighted by Gasteiger charge is -2.16. The van der Waals surface area contributed by atoms with E-state index in [0.717, 1.165) is 0 Å². The highest BCUT2D eigenvalue weighted by molar-refractivity contribution is 7.90. The molecule has 1 saturated heterocycles. The van der Waals surface area contributed by atoms with Gasteiger partial charge in [-0.05, 0) is 36.4 Å². The zero-order chi connectivity index (χ0) is 22.0. The second-order valence-corrected chi connectivity index (χ2v) is 9.32. The van der Waals surface area contributed by atoms with Gasteiger partial charge in [0, 0.05) is 42.2 Å². The maximum atomic E-state index is 12.3. The highest BCUT2D eigenvalue weighted by Crippen LogP contribution is 2.27. The number of nitrogens with one attached hydrogen (secondary N) is 1. The molecule has 1 atom stereocenters. The summed E-state index contributed by atoms with van der Waals surface area (Å²) in [6.45, 7) is 0.690. The minimum atomic E-state index is -3.57. The van der Waals surface area contributed by atoms with Crippen LogP contribution in [0.5, 0.6) is 0 Å². The number of aliphatic imine (C=N–C) groups is 1. The van der Waals surface area contributed by atoms with Gasteiger partial charge in [0.05, 0.1) is 17.4 Å². The second kappa shape index (κ2) is 8.68. The molecule has 0 unspecified atom stereocenters. The van der Waals surface area contributed by atoms with Gasteiger partial charge in [0.1, 0.15) is 5.84 Å². The number of amides is 1. The van der Waals surface area contributed by atoms with Gasteiger partial charge in [-0.1, -0.05) is 23.7 Å². The van der Waals surface area contributed by atoms with Crippen molar-refractivity contribution < 1.29 is 22.7 Å². The Bertz CT molecular complexity index is 1150. The minimum absolute atomic E-state index is 0.0995. The summed E-state index contributed by atoms with van der Waals surface area (Å²) in [7, 11) is -3.57. The normalized spacial score (nSPS) is 20.5. The number of carbonyl (C=O) groups is 2. The maximum absolute atomic E-state index is 12.3. The molecule has 0 saturated carbocycles. The number of rotatable bonds is 6. The monoisotopic (exact) mass is 461 g/mol. The largest absolute Gasteiger partial charge is 0.465 e. The van der Waals surface area contributed by atoms with Crippen LogP contribution in [0, 0.1) is 5.92 Å². The van der Waals surface area contributed by atoms with Gasteiger partial charge >= 0.3 is 5.97 Å². The van der Waals surface area contributed by atoms with Crippen molar-refractivity contribution in [3.05, 3.63) is 59.1 Å². The molecular formula is C21H20ClN3O5S. The second-order valence-electron chi connectivity index (χ2n) is 7.23. The Morgan fingerprint density at radius 1 is 1.19 bits per heavy atom. The average molecular weight is 462 g/mol. The van der Waals surface area contributed by atoms with Crippen molar-refractivity contribution in [1.82, 2.24) is 4.72 Å². The van der Waals surface area contributed by atoms with E-state index in [4.69, 9.17) is 16.3 Å². The number of fused-ring (bicyclic) bond motifs is 1. The van der Waals surface area contributed by atoms with Crippen molar-refractivity contribution >= 4 is 45.0 Å². The van der Waals surface area contributed by atoms with Crippen LogP contribution in [0.4, 0.5) is 5.69 Å². The van der Waals surface area contributed by atoms with Gasteiger partial charge < -0.3 is 9.64 Å². The van der Waals surface area contributed by atoms with E-state index in [-0.39, 0.29) is 30.4 Å². The fourth-order valence-electron chi connectivity index (χ4n) is 3.53. The van der Waals surface area contributed by atoms with Crippen molar-refractivity contribution in [1.29, 1.82) is 0 Å². The summed E-state index contributed by atoms with van der Waals surface area (Å²) in [5.74, 6) is -0.794. The van der Waals surface area contributed by atoms with Crippen LogP contribution in [0.3, 0.4) is 0 Å². The number of sulfonamides is 1. The molecule has 31 heavy (non-hydrogen) atoms. The first-order valence-electron chi connectivity index (χ1n) is 9.74. The lowest BCUT2D eigenvalue weighted by molar-refractivity contribution is -0.148. The van der Waals surface area contributed by atoms with E-state index in [2.05, 4.69) is 9.71 Å². The quantitative estimate of drug-likeness (QED) is 0.525. The fraction of sp³-hybridized carbons (Fsp3) is 0.286. The Hall–Kier alpha value is -2.91. The first kappa shape index (κ1) is 21.3. The van der Waals surface area contributed by atoms with E-state index >= 15 is 0 Å². The van der Waals surface area contributed by atoms with E-state index in [1.807, 2.05) is 0 Å². The Kier molecular flexibility index (Phi) is 5.97. The smallest absolute Gasteiger partial charge is 0.311 e. The van der Waals surface area contributed by atoms with Crippen LogP contribution in [0.15, 0.2) is 58.4 Å². The Morgan fingerprint density at radius 2 is 1.94 bits per heavy atom. The van der Waals surface area contributed by atoms with E-state index in [0.29, 0.717) is 35.1 Å². The summed E-state index contributed by atoms with van der Waals surface area (Å²) >= 11 is 5.88. The number of amidine groups is 1. The Morgan fingerprint density at radius 3 is 2.71 bits per heavy atom. The van der Waals surface area contributed by atoms with Crippen LogP contribution in [0.1, 0.15) is 18.4 Å². The van der Waals surface area contributed by atoms with Crippen molar-refractivity contribution in [3.63, 3.8) is 0 Å². The molecule has 2 aromatic carbocycles. The van der Waals surface area contributed by atoms with Crippen molar-refractivity contribution in [3.8, 4) is 0 Å². The van der Waals surface area contributed by atoms with Crippen LogP contribution >= 0.6 is 11.6 Å². The fourth-order valence-corrected chi connectivity index (χ4v) is 4.91. The molecule has 0 aromatic heterocycles. The molecule has 1 amide bonds. The average Bonchev–Trinajstić information content (AvgIpc) is 3.26. The molecule has 2 aromatic rings. The zero-order valence-electron chi connectivity index (χ0n) is 16.5. The first-order valence-corrected chi connectivity index (χ1v) is 11.6. The van der Waals surface area contributed by atoms with Gasteiger partial charge in [0.15, 0.2) is 0 Å². The van der Waals surface area contributed by atoms with E-state index in [9.17, 15) is 18.0 Å². The summed E-state index contributed by atoms with van der Waals surface area (Å²) in [5, 5.41) is 0.573. The number of esters is 1. The number of hydrogen-bond acceptors (Lipinski definition) is 6. The topological polar surface area (TPSA) is 105 Å². The molecule has 10 heteroatoms. The maximum Gasteiger partial charge on any atom is 0.311 e. The third-order valence-corrected chi connectivity index (χ3v) is 6.73. The number of halogens is 1. The molecule has 1 N–H and O–H groups in total. The molecule has 0 radical (unpaired) electrons. The Balaban J connectivity index is 1.26. The lowest BCUT2D eigenvalue weighted by Crippen LogP contribution is -2.26. The molecule has 2 aliphatic heterocycles. The van der Waals surface area contributed by atoms with Crippen molar-refractivity contribution in [2.45, 2.75) is 17.7 Å². The van der Waals surface area contributed by atoms with Gasteiger partial charge in [-0.15, -0.1) is 0 Å². The molecule has 4 rings (SSSR count). The minimum Gasteiger partial charge on any atom is -0.465 e. The summed E-state index contributed by atoms with van der Waals surface area (Å²) in [5.41, 5.74) is 1.23. The van der Waals surface area contributed by atoms with Gasteiger partial charge in [0.25, 0.3) is 10.0 Å². The molecule has 0 aliphatic carbocycles. The zero-order valence-corrected chi connectivity index (χ0v) is 18.0. The highest BCUT2D eigenvalue weighted by Gasteiger charge is 2.36. The molecule has 2 heterocycles. The lowest BCUT2D eigenvalue weighted by atomic mass is 10.1. The van der Waals surface area contributed by atoms with Crippen LogP contribution < -0.4 is 9.62 Å². The number of ether oxygens (including phenoxy) is 1. The number of anilines is 1. The third-order valence-electron chi connectivity index (χ3n) is 5.08. The SMILES string of the molecule is O=C(OCCCN=C1NS(=O)(=O)c2ccccc21)[C@@H]1CC(=O)N(c2ccc(Cl)cc2)C1. The van der Waals surface area contributed by atoms with Crippen LogP contribution in [0.25, 0.3) is 0 Å². The van der Waals surface area contributed by atoms with Crippen LogP contribution in [-0.2, 0) is 24.3 Å². The predicted octanol–water partition coefficient (Wildman–Crippen LogP) is 2.36. The molecule has 8 nitrogen and oxygen atoms in total. The molecule has 162 valence electrons. The molecule has 0 bridgehead atoms. The Labute approximate surface area is 184 Å². The van der Waals surface area contributed by atoms with E-state index in [1.54, 1.807) is 47.4 Å².